The number of hydrogen-bond acceptors (Lipinski definition) is 4. The van der Waals surface area contributed by atoms with Crippen molar-refractivity contribution in [1.29, 1.82) is 0 Å². The first-order chi connectivity index (χ1) is 16.9. The standard InChI is InChI=1S/C30H37NO4/c1-6-30(32)31(21-23-11-15-25(33-4)16-12-23)20-19-27(28-9-7-8-10-29(28)34-5)24-13-17-26(18-14-24)35-22(2)3/h7-18,22,27H,6,19-21H2,1-5H3/t27-/m0/s1. The van der Waals surface area contributed by atoms with Crippen molar-refractivity contribution in [1.82, 2.24) is 4.90 Å². The highest BCUT2D eigenvalue weighted by Gasteiger charge is 2.21. The van der Waals surface area contributed by atoms with E-state index in [0.717, 1.165) is 34.8 Å². The second kappa shape index (κ2) is 12.8. The molecule has 0 N–H and O–H groups in total. The first-order valence-corrected chi connectivity index (χ1v) is 12.2. The molecule has 0 spiro atoms. The zero-order valence-corrected chi connectivity index (χ0v) is 21.5. The van der Waals surface area contributed by atoms with Gasteiger partial charge in [0.25, 0.3) is 0 Å². The van der Waals surface area contributed by atoms with Crippen molar-refractivity contribution in [2.75, 3.05) is 20.8 Å². The van der Waals surface area contributed by atoms with Gasteiger partial charge in [-0.1, -0.05) is 49.4 Å². The number of ether oxygens (including phenoxy) is 3. The lowest BCUT2D eigenvalue weighted by Gasteiger charge is -2.27. The van der Waals surface area contributed by atoms with Crippen molar-refractivity contribution in [2.24, 2.45) is 0 Å². The molecule has 0 saturated heterocycles. The molecule has 1 atom stereocenters. The van der Waals surface area contributed by atoms with E-state index in [2.05, 4.69) is 18.2 Å². The highest BCUT2D eigenvalue weighted by atomic mass is 16.5. The third-order valence-corrected chi connectivity index (χ3v) is 6.04. The molecule has 0 aliphatic carbocycles. The Hall–Kier alpha value is -3.47. The number of hydrogen-bond donors (Lipinski definition) is 0. The summed E-state index contributed by atoms with van der Waals surface area (Å²) in [5.41, 5.74) is 3.36. The van der Waals surface area contributed by atoms with Gasteiger partial charge in [0, 0.05) is 31.0 Å². The molecule has 35 heavy (non-hydrogen) atoms. The van der Waals surface area contributed by atoms with E-state index in [1.165, 1.54) is 5.56 Å². The van der Waals surface area contributed by atoms with Crippen LogP contribution in [0.3, 0.4) is 0 Å². The van der Waals surface area contributed by atoms with E-state index in [0.29, 0.717) is 19.5 Å². The largest absolute Gasteiger partial charge is 0.497 e. The predicted octanol–water partition coefficient (Wildman–Crippen LogP) is 6.45. The maximum atomic E-state index is 12.9. The number of carbonyl (C=O) groups is 1. The van der Waals surface area contributed by atoms with Gasteiger partial charge in [0.1, 0.15) is 17.2 Å². The Kier molecular flexibility index (Phi) is 9.59. The molecule has 0 aliphatic heterocycles. The fraction of sp³-hybridized carbons (Fsp3) is 0.367. The highest BCUT2D eigenvalue weighted by molar-refractivity contribution is 5.75. The summed E-state index contributed by atoms with van der Waals surface area (Å²) in [5.74, 6) is 2.72. The van der Waals surface area contributed by atoms with Gasteiger partial charge in [0.15, 0.2) is 0 Å². The van der Waals surface area contributed by atoms with Gasteiger partial charge in [-0.2, -0.15) is 0 Å². The summed E-state index contributed by atoms with van der Waals surface area (Å²) < 4.78 is 16.8. The molecule has 3 aromatic rings. The number of methoxy groups -OCH3 is 2. The van der Waals surface area contributed by atoms with E-state index in [1.54, 1.807) is 14.2 Å². The zero-order chi connectivity index (χ0) is 25.2. The Balaban J connectivity index is 1.86. The molecule has 0 unspecified atom stereocenters. The molecule has 0 saturated carbocycles. The summed E-state index contributed by atoms with van der Waals surface area (Å²) >= 11 is 0. The van der Waals surface area contributed by atoms with Crippen molar-refractivity contribution < 1.29 is 19.0 Å². The van der Waals surface area contributed by atoms with Crippen molar-refractivity contribution in [3.63, 3.8) is 0 Å². The predicted molar refractivity (Wildman–Crippen MR) is 140 cm³/mol. The quantitative estimate of drug-likeness (QED) is 0.302. The van der Waals surface area contributed by atoms with Gasteiger partial charge in [-0.15, -0.1) is 0 Å². The maximum absolute atomic E-state index is 12.9. The molecule has 186 valence electrons. The third kappa shape index (κ3) is 7.25. The Morgan fingerprint density at radius 2 is 1.51 bits per heavy atom. The minimum absolute atomic E-state index is 0.0715. The van der Waals surface area contributed by atoms with Crippen LogP contribution in [0.1, 0.15) is 56.2 Å². The normalized spacial score (nSPS) is 11.7. The minimum Gasteiger partial charge on any atom is -0.497 e. The van der Waals surface area contributed by atoms with E-state index >= 15 is 0 Å². The van der Waals surface area contributed by atoms with Crippen LogP contribution in [0.2, 0.25) is 0 Å². The number of carbonyl (C=O) groups excluding carboxylic acids is 1. The number of para-hydroxylation sites is 1. The Morgan fingerprint density at radius 3 is 2.11 bits per heavy atom. The first kappa shape index (κ1) is 26.1. The lowest BCUT2D eigenvalue weighted by molar-refractivity contribution is -0.131. The molecule has 3 aromatic carbocycles. The SMILES string of the molecule is CCC(=O)N(CC[C@@H](c1ccc(OC(C)C)cc1)c1ccccc1OC)Cc1ccc(OC)cc1. The topological polar surface area (TPSA) is 48.0 Å². The van der Waals surface area contributed by atoms with Crippen LogP contribution >= 0.6 is 0 Å². The maximum Gasteiger partial charge on any atom is 0.222 e. The van der Waals surface area contributed by atoms with Crippen molar-refractivity contribution in [2.45, 2.75) is 52.2 Å². The second-order valence-electron chi connectivity index (χ2n) is 8.84. The van der Waals surface area contributed by atoms with Gasteiger partial charge in [-0.05, 0) is 61.7 Å². The van der Waals surface area contributed by atoms with Gasteiger partial charge in [-0.25, -0.2) is 0 Å². The summed E-state index contributed by atoms with van der Waals surface area (Å²) in [4.78, 5) is 14.8. The molecule has 0 aliphatic rings. The van der Waals surface area contributed by atoms with Crippen LogP contribution in [0.5, 0.6) is 17.2 Å². The van der Waals surface area contributed by atoms with Gasteiger partial charge >= 0.3 is 0 Å². The van der Waals surface area contributed by atoms with E-state index in [-0.39, 0.29) is 17.9 Å². The van der Waals surface area contributed by atoms with Crippen LogP contribution in [-0.4, -0.2) is 37.7 Å². The fourth-order valence-electron chi connectivity index (χ4n) is 4.26. The molecule has 5 heteroatoms. The van der Waals surface area contributed by atoms with Crippen molar-refractivity contribution in [3.05, 3.63) is 89.5 Å². The van der Waals surface area contributed by atoms with E-state index in [1.807, 2.05) is 80.3 Å². The van der Waals surface area contributed by atoms with Crippen LogP contribution in [-0.2, 0) is 11.3 Å². The van der Waals surface area contributed by atoms with Crippen molar-refractivity contribution >= 4 is 5.91 Å². The molecule has 0 aromatic heterocycles. The third-order valence-electron chi connectivity index (χ3n) is 6.04. The van der Waals surface area contributed by atoms with E-state index in [9.17, 15) is 4.79 Å². The first-order valence-electron chi connectivity index (χ1n) is 12.2. The van der Waals surface area contributed by atoms with Crippen LogP contribution in [0.25, 0.3) is 0 Å². The molecule has 1 amide bonds. The monoisotopic (exact) mass is 475 g/mol. The lowest BCUT2D eigenvalue weighted by atomic mass is 9.87. The smallest absolute Gasteiger partial charge is 0.222 e. The van der Waals surface area contributed by atoms with Crippen molar-refractivity contribution in [3.8, 4) is 17.2 Å². The highest BCUT2D eigenvalue weighted by Crippen LogP contribution is 2.35. The van der Waals surface area contributed by atoms with Crippen LogP contribution in [0.4, 0.5) is 0 Å². The molecular weight excluding hydrogens is 438 g/mol. The summed E-state index contributed by atoms with van der Waals surface area (Å²) in [5, 5.41) is 0. The zero-order valence-electron chi connectivity index (χ0n) is 21.5. The van der Waals surface area contributed by atoms with E-state index in [4.69, 9.17) is 14.2 Å². The number of rotatable bonds is 12. The number of nitrogens with zero attached hydrogens (tertiary/aromatic N) is 1. The lowest BCUT2D eigenvalue weighted by Crippen LogP contribution is -2.31. The second-order valence-corrected chi connectivity index (χ2v) is 8.84. The average Bonchev–Trinajstić information content (AvgIpc) is 2.88. The molecule has 0 fully saturated rings. The van der Waals surface area contributed by atoms with Crippen LogP contribution in [0, 0.1) is 0 Å². The molecular formula is C30H37NO4. The van der Waals surface area contributed by atoms with Gasteiger partial charge in [0.2, 0.25) is 5.91 Å². The van der Waals surface area contributed by atoms with Gasteiger partial charge in [0.05, 0.1) is 20.3 Å². The average molecular weight is 476 g/mol. The summed E-state index contributed by atoms with van der Waals surface area (Å²) in [6.45, 7) is 7.15. The Morgan fingerprint density at radius 1 is 0.857 bits per heavy atom. The van der Waals surface area contributed by atoms with Crippen LogP contribution < -0.4 is 14.2 Å². The Labute approximate surface area is 209 Å². The molecule has 0 bridgehead atoms. The fourth-order valence-corrected chi connectivity index (χ4v) is 4.26. The summed E-state index contributed by atoms with van der Waals surface area (Å²) in [7, 11) is 3.35. The Bertz CT molecular complexity index is 1060. The summed E-state index contributed by atoms with van der Waals surface area (Å²) in [6, 6.07) is 24.3. The van der Waals surface area contributed by atoms with Gasteiger partial charge < -0.3 is 19.1 Å². The molecule has 0 radical (unpaired) electrons. The van der Waals surface area contributed by atoms with E-state index < -0.39 is 0 Å². The molecule has 3 rings (SSSR count). The van der Waals surface area contributed by atoms with Crippen LogP contribution in [0.15, 0.2) is 72.8 Å². The minimum atomic E-state index is 0.0715. The molecule has 0 heterocycles. The van der Waals surface area contributed by atoms with Gasteiger partial charge in [-0.3, -0.25) is 4.79 Å². The number of amides is 1. The summed E-state index contributed by atoms with van der Waals surface area (Å²) in [6.07, 6.45) is 1.36. The number of benzene rings is 3. The molecule has 5 nitrogen and oxygen atoms in total.